The molecule has 0 saturated carbocycles. The van der Waals surface area contributed by atoms with Crippen molar-refractivity contribution in [2.75, 3.05) is 5.43 Å². The van der Waals surface area contributed by atoms with Gasteiger partial charge in [-0.3, -0.25) is 10.1 Å². The Morgan fingerprint density at radius 1 is 1.35 bits per heavy atom. The van der Waals surface area contributed by atoms with Gasteiger partial charge < -0.3 is 10.2 Å². The molecule has 2 aromatic rings. The van der Waals surface area contributed by atoms with Crippen LogP contribution in [-0.2, 0) is 6.61 Å². The molecule has 1 heterocycles. The van der Waals surface area contributed by atoms with E-state index < -0.39 is 4.92 Å². The lowest BCUT2D eigenvalue weighted by Crippen LogP contribution is -2.10. The summed E-state index contributed by atoms with van der Waals surface area (Å²) < 4.78 is 5.58. The number of anilines is 1. The van der Waals surface area contributed by atoms with E-state index in [9.17, 15) is 10.1 Å². The van der Waals surface area contributed by atoms with Gasteiger partial charge in [-0.15, -0.1) is 0 Å². The van der Waals surface area contributed by atoms with Gasteiger partial charge in [-0.05, 0) is 25.1 Å². The third-order valence-corrected chi connectivity index (χ3v) is 2.78. The van der Waals surface area contributed by atoms with Crippen LogP contribution >= 0.6 is 0 Å². The highest BCUT2D eigenvalue weighted by atomic mass is 16.6. The molecule has 0 aliphatic rings. The predicted octanol–water partition coefficient (Wildman–Crippen LogP) is 2.16. The first kappa shape index (κ1) is 13.8. The number of nitro groups is 1. The van der Waals surface area contributed by atoms with Crippen molar-refractivity contribution in [1.82, 2.24) is 4.98 Å². The summed E-state index contributed by atoms with van der Waals surface area (Å²) in [6.45, 7) is 1.86. The first-order valence-corrected chi connectivity index (χ1v) is 5.91. The lowest BCUT2D eigenvalue weighted by Gasteiger charge is -2.09. The molecule has 0 unspecified atom stereocenters. The molecule has 0 amide bonds. The zero-order chi connectivity index (χ0) is 14.5. The highest BCUT2D eigenvalue weighted by molar-refractivity contribution is 5.48. The minimum Gasteiger partial charge on any atom is -0.487 e. The first-order valence-electron chi connectivity index (χ1n) is 5.91. The maximum absolute atomic E-state index is 10.8. The van der Waals surface area contributed by atoms with Gasteiger partial charge in [0.1, 0.15) is 18.2 Å². The summed E-state index contributed by atoms with van der Waals surface area (Å²) in [5, 5.41) is 10.8. The normalized spacial score (nSPS) is 10.1. The van der Waals surface area contributed by atoms with Gasteiger partial charge in [-0.2, -0.15) is 0 Å². The Morgan fingerprint density at radius 2 is 2.10 bits per heavy atom. The van der Waals surface area contributed by atoms with Crippen molar-refractivity contribution >= 4 is 11.5 Å². The lowest BCUT2D eigenvalue weighted by molar-refractivity contribution is -0.385. The second-order valence-corrected chi connectivity index (χ2v) is 4.10. The Balaban J connectivity index is 2.14. The molecule has 0 fully saturated rings. The Bertz CT molecular complexity index is 631. The van der Waals surface area contributed by atoms with Crippen LogP contribution in [0.2, 0.25) is 0 Å². The monoisotopic (exact) mass is 274 g/mol. The largest absolute Gasteiger partial charge is 0.487 e. The van der Waals surface area contributed by atoms with Crippen LogP contribution in [0.25, 0.3) is 0 Å². The third-order valence-electron chi connectivity index (χ3n) is 2.78. The molecule has 1 aromatic carbocycles. The molecule has 0 bridgehead atoms. The second-order valence-electron chi connectivity index (χ2n) is 4.10. The number of pyridine rings is 1. The van der Waals surface area contributed by atoms with Crippen molar-refractivity contribution in [2.45, 2.75) is 13.5 Å². The smallest absolute Gasteiger partial charge is 0.276 e. The van der Waals surface area contributed by atoms with Crippen LogP contribution in [0.5, 0.6) is 5.75 Å². The van der Waals surface area contributed by atoms with Gasteiger partial charge in [0, 0.05) is 6.07 Å². The fourth-order valence-electron chi connectivity index (χ4n) is 1.75. The fourth-order valence-corrected chi connectivity index (χ4v) is 1.75. The van der Waals surface area contributed by atoms with Crippen LogP contribution in [0.1, 0.15) is 11.3 Å². The number of nitrogen functional groups attached to an aromatic ring is 1. The van der Waals surface area contributed by atoms with Crippen LogP contribution in [-0.4, -0.2) is 9.91 Å². The van der Waals surface area contributed by atoms with Gasteiger partial charge in [-0.1, -0.05) is 12.1 Å². The molecule has 3 N–H and O–H groups in total. The van der Waals surface area contributed by atoms with E-state index in [2.05, 4.69) is 10.4 Å². The number of aromatic nitrogens is 1. The second kappa shape index (κ2) is 5.98. The lowest BCUT2D eigenvalue weighted by atomic mass is 10.2. The first-order chi connectivity index (χ1) is 9.61. The van der Waals surface area contributed by atoms with Gasteiger partial charge in [0.05, 0.1) is 16.2 Å². The van der Waals surface area contributed by atoms with Crippen LogP contribution in [0.15, 0.2) is 36.4 Å². The molecule has 0 aliphatic heterocycles. The quantitative estimate of drug-likeness (QED) is 0.492. The zero-order valence-electron chi connectivity index (χ0n) is 10.9. The van der Waals surface area contributed by atoms with E-state index in [1.807, 2.05) is 0 Å². The molecule has 0 atom stereocenters. The number of rotatable bonds is 5. The summed E-state index contributed by atoms with van der Waals surface area (Å²) in [4.78, 5) is 14.6. The molecule has 0 radical (unpaired) electrons. The number of benzene rings is 1. The summed E-state index contributed by atoms with van der Waals surface area (Å²) in [6, 6.07) is 10.0. The molecule has 2 rings (SSSR count). The average Bonchev–Trinajstić information content (AvgIpc) is 2.46. The molecular formula is C13H14N4O3. The Hall–Kier alpha value is -2.67. The van der Waals surface area contributed by atoms with Crippen molar-refractivity contribution in [2.24, 2.45) is 5.84 Å². The van der Waals surface area contributed by atoms with Crippen LogP contribution in [0.4, 0.5) is 11.5 Å². The zero-order valence-corrected chi connectivity index (χ0v) is 10.9. The predicted molar refractivity (Wildman–Crippen MR) is 74.2 cm³/mol. The number of ether oxygens (including phenoxy) is 1. The van der Waals surface area contributed by atoms with E-state index in [-0.39, 0.29) is 12.3 Å². The Morgan fingerprint density at radius 3 is 2.80 bits per heavy atom. The molecular weight excluding hydrogens is 260 g/mol. The van der Waals surface area contributed by atoms with Gasteiger partial charge >= 0.3 is 0 Å². The Labute approximate surface area is 115 Å². The van der Waals surface area contributed by atoms with Crippen LogP contribution in [0, 0.1) is 17.0 Å². The van der Waals surface area contributed by atoms with Crippen LogP contribution < -0.4 is 16.0 Å². The molecule has 7 heteroatoms. The molecule has 1 aromatic heterocycles. The maximum atomic E-state index is 10.8. The number of hydrogen-bond donors (Lipinski definition) is 2. The summed E-state index contributed by atoms with van der Waals surface area (Å²) in [5.74, 6) is 6.27. The number of hydrazine groups is 1. The fraction of sp³-hybridized carbons (Fsp3) is 0.154. The number of nitro benzene ring substituents is 1. The van der Waals surface area contributed by atoms with E-state index in [1.54, 1.807) is 37.3 Å². The third kappa shape index (κ3) is 3.01. The summed E-state index contributed by atoms with van der Waals surface area (Å²) in [7, 11) is 0. The molecule has 7 nitrogen and oxygen atoms in total. The number of nitrogens with two attached hydrogens (primary N) is 1. The highest BCUT2D eigenvalue weighted by Crippen LogP contribution is 2.27. The van der Waals surface area contributed by atoms with Crippen molar-refractivity contribution in [3.05, 3.63) is 57.8 Å². The van der Waals surface area contributed by atoms with E-state index in [4.69, 9.17) is 10.6 Å². The molecule has 20 heavy (non-hydrogen) atoms. The standard InChI is InChI=1S/C13H14N4O3/c1-9-11(17(18)19)5-3-6-12(9)20-8-10-4-2-7-13(15-10)16-14/h2-7H,8,14H2,1H3,(H,15,16). The van der Waals surface area contributed by atoms with E-state index in [0.717, 1.165) is 0 Å². The van der Waals surface area contributed by atoms with Gasteiger partial charge in [0.25, 0.3) is 5.69 Å². The summed E-state index contributed by atoms with van der Waals surface area (Å²) in [6.07, 6.45) is 0. The molecule has 104 valence electrons. The van der Waals surface area contributed by atoms with Gasteiger partial charge in [0.2, 0.25) is 0 Å². The van der Waals surface area contributed by atoms with Crippen molar-refractivity contribution in [3.8, 4) is 5.75 Å². The number of hydrogen-bond acceptors (Lipinski definition) is 6. The van der Waals surface area contributed by atoms with E-state index in [1.165, 1.54) is 6.07 Å². The average molecular weight is 274 g/mol. The van der Waals surface area contributed by atoms with E-state index >= 15 is 0 Å². The summed E-state index contributed by atoms with van der Waals surface area (Å²) in [5.41, 5.74) is 3.64. The Kier molecular flexibility index (Phi) is 4.11. The highest BCUT2D eigenvalue weighted by Gasteiger charge is 2.14. The van der Waals surface area contributed by atoms with Crippen molar-refractivity contribution < 1.29 is 9.66 Å². The maximum Gasteiger partial charge on any atom is 0.276 e. The topological polar surface area (TPSA) is 103 Å². The van der Waals surface area contributed by atoms with Gasteiger partial charge in [-0.25, -0.2) is 10.8 Å². The molecule has 0 spiro atoms. The van der Waals surface area contributed by atoms with E-state index in [0.29, 0.717) is 22.8 Å². The summed E-state index contributed by atoms with van der Waals surface area (Å²) >= 11 is 0. The molecule has 0 saturated heterocycles. The number of nitrogens with zero attached hydrogens (tertiary/aromatic N) is 2. The minimum absolute atomic E-state index is 0.0350. The SMILES string of the molecule is Cc1c(OCc2cccc(NN)n2)cccc1[N+](=O)[O-]. The molecule has 0 aliphatic carbocycles. The van der Waals surface area contributed by atoms with Crippen molar-refractivity contribution in [3.63, 3.8) is 0 Å². The van der Waals surface area contributed by atoms with Gasteiger partial charge in [0.15, 0.2) is 0 Å². The van der Waals surface area contributed by atoms with Crippen LogP contribution in [0.3, 0.4) is 0 Å². The van der Waals surface area contributed by atoms with Crippen molar-refractivity contribution in [1.29, 1.82) is 0 Å². The number of nitrogens with one attached hydrogen (secondary N) is 1. The minimum atomic E-state index is -0.431.